The average Bonchev–Trinajstić information content (AvgIpc) is 2.48. The molecule has 0 nitrogen and oxygen atoms in total. The Bertz CT molecular complexity index is 485. The summed E-state index contributed by atoms with van der Waals surface area (Å²) in [5.74, 6) is 0. The molecule has 2 aromatic rings. The Morgan fingerprint density at radius 2 is 1.05 bits per heavy atom. The molecule has 20 heavy (non-hydrogen) atoms. The van der Waals surface area contributed by atoms with Crippen LogP contribution in [0.2, 0.25) is 0 Å². The zero-order valence-electron chi connectivity index (χ0n) is 12.3. The molecule has 0 bridgehead atoms. The van der Waals surface area contributed by atoms with Crippen molar-refractivity contribution in [1.29, 1.82) is 0 Å². The van der Waals surface area contributed by atoms with Crippen LogP contribution in [-0.2, 0) is 12.8 Å². The minimum atomic E-state index is 0.614. The SMILES string of the molecule is CCCc1ccccc1[Se][Se]c1ccccc1CCC. The van der Waals surface area contributed by atoms with Gasteiger partial charge in [-0.25, -0.2) is 0 Å². The van der Waals surface area contributed by atoms with Crippen molar-refractivity contribution in [2.45, 2.75) is 39.5 Å². The van der Waals surface area contributed by atoms with E-state index in [9.17, 15) is 0 Å². The van der Waals surface area contributed by atoms with Crippen molar-refractivity contribution in [2.24, 2.45) is 0 Å². The Labute approximate surface area is 134 Å². The molecular formula is C18H22Se2. The van der Waals surface area contributed by atoms with Crippen LogP contribution in [0.4, 0.5) is 0 Å². The van der Waals surface area contributed by atoms with Crippen LogP contribution in [0.5, 0.6) is 0 Å². The molecule has 0 heterocycles. The zero-order chi connectivity index (χ0) is 14.2. The fraction of sp³-hybridized carbons (Fsp3) is 0.333. The van der Waals surface area contributed by atoms with Gasteiger partial charge in [0, 0.05) is 0 Å². The standard InChI is InChI=1S/C18H22Se2/c1-3-9-15-11-5-7-13-17(15)19-20-18-14-8-6-12-16(18)10-4-2/h5-8,11-14H,3-4,9-10H2,1-2H3. The van der Waals surface area contributed by atoms with Gasteiger partial charge in [-0.3, -0.25) is 0 Å². The van der Waals surface area contributed by atoms with Gasteiger partial charge in [-0.2, -0.15) is 0 Å². The van der Waals surface area contributed by atoms with Gasteiger partial charge in [-0.15, -0.1) is 0 Å². The van der Waals surface area contributed by atoms with Crippen molar-refractivity contribution in [3.63, 3.8) is 0 Å². The Morgan fingerprint density at radius 3 is 1.45 bits per heavy atom. The predicted octanol–water partition coefficient (Wildman–Crippen LogP) is 2.87. The third-order valence-corrected chi connectivity index (χ3v) is 10.6. The van der Waals surface area contributed by atoms with Crippen LogP contribution in [0, 0.1) is 0 Å². The van der Waals surface area contributed by atoms with Crippen molar-refractivity contribution < 1.29 is 0 Å². The van der Waals surface area contributed by atoms with Crippen molar-refractivity contribution in [3.05, 3.63) is 59.7 Å². The van der Waals surface area contributed by atoms with Crippen molar-refractivity contribution in [3.8, 4) is 0 Å². The first kappa shape index (κ1) is 15.9. The summed E-state index contributed by atoms with van der Waals surface area (Å²) in [6.45, 7) is 4.54. The summed E-state index contributed by atoms with van der Waals surface area (Å²) in [5.41, 5.74) is 3.15. The van der Waals surface area contributed by atoms with E-state index in [0.717, 1.165) is 0 Å². The molecule has 0 amide bonds. The van der Waals surface area contributed by atoms with Crippen LogP contribution < -0.4 is 8.92 Å². The van der Waals surface area contributed by atoms with Gasteiger partial charge >= 0.3 is 134 Å². The molecule has 0 saturated carbocycles. The molecule has 0 saturated heterocycles. The van der Waals surface area contributed by atoms with Crippen molar-refractivity contribution in [1.82, 2.24) is 0 Å². The monoisotopic (exact) mass is 398 g/mol. The van der Waals surface area contributed by atoms with Crippen LogP contribution in [0.25, 0.3) is 0 Å². The van der Waals surface area contributed by atoms with Crippen LogP contribution >= 0.6 is 0 Å². The van der Waals surface area contributed by atoms with Crippen molar-refractivity contribution in [2.75, 3.05) is 0 Å². The number of hydrogen-bond donors (Lipinski definition) is 0. The van der Waals surface area contributed by atoms with Gasteiger partial charge in [-0.1, -0.05) is 0 Å². The van der Waals surface area contributed by atoms with Gasteiger partial charge in [0.25, 0.3) is 0 Å². The molecule has 0 N–H and O–H groups in total. The first-order valence-corrected chi connectivity index (χ1v) is 13.4. The van der Waals surface area contributed by atoms with Crippen molar-refractivity contribution >= 4 is 35.2 Å². The number of rotatable bonds is 7. The summed E-state index contributed by atoms with van der Waals surface area (Å²) in [7, 11) is 0. The van der Waals surface area contributed by atoms with Crippen LogP contribution in [0.3, 0.4) is 0 Å². The summed E-state index contributed by atoms with van der Waals surface area (Å²) in [4.78, 5) is 0. The van der Waals surface area contributed by atoms with E-state index in [4.69, 9.17) is 0 Å². The van der Waals surface area contributed by atoms with Crippen LogP contribution in [0.15, 0.2) is 48.5 Å². The van der Waals surface area contributed by atoms with E-state index < -0.39 is 0 Å². The normalized spacial score (nSPS) is 10.7. The number of hydrogen-bond acceptors (Lipinski definition) is 0. The summed E-state index contributed by atoms with van der Waals surface area (Å²) in [6, 6.07) is 18.1. The predicted molar refractivity (Wildman–Crippen MR) is 91.7 cm³/mol. The second-order valence-corrected chi connectivity index (χ2v) is 11.1. The van der Waals surface area contributed by atoms with E-state index in [1.54, 1.807) is 20.1 Å². The second kappa shape index (κ2) is 8.70. The Morgan fingerprint density at radius 1 is 0.650 bits per heavy atom. The van der Waals surface area contributed by atoms with Gasteiger partial charge in [0.1, 0.15) is 0 Å². The third-order valence-electron chi connectivity index (χ3n) is 3.21. The van der Waals surface area contributed by atoms with E-state index in [0.29, 0.717) is 26.3 Å². The number of benzene rings is 2. The van der Waals surface area contributed by atoms with Crippen LogP contribution in [-0.4, -0.2) is 26.3 Å². The van der Waals surface area contributed by atoms with Gasteiger partial charge in [-0.05, 0) is 0 Å². The summed E-state index contributed by atoms with van der Waals surface area (Å²) in [5, 5.41) is 0. The molecule has 2 aromatic carbocycles. The minimum absolute atomic E-state index is 0.614. The van der Waals surface area contributed by atoms with E-state index in [1.165, 1.54) is 25.7 Å². The quantitative estimate of drug-likeness (QED) is 0.632. The Kier molecular flexibility index (Phi) is 6.90. The Balaban J connectivity index is 2.09. The molecule has 2 rings (SSSR count). The molecule has 0 aliphatic carbocycles. The molecular weight excluding hydrogens is 374 g/mol. The fourth-order valence-electron chi connectivity index (χ4n) is 2.21. The van der Waals surface area contributed by atoms with E-state index >= 15 is 0 Å². The first-order chi connectivity index (χ1) is 9.85. The van der Waals surface area contributed by atoms with E-state index in [1.807, 2.05) is 0 Å². The average molecular weight is 396 g/mol. The maximum atomic E-state index is 2.34. The molecule has 106 valence electrons. The van der Waals surface area contributed by atoms with Gasteiger partial charge in [0.05, 0.1) is 0 Å². The molecule has 0 radical (unpaired) electrons. The molecule has 0 aromatic heterocycles. The topological polar surface area (TPSA) is 0 Å². The third kappa shape index (κ3) is 4.50. The van der Waals surface area contributed by atoms with E-state index in [2.05, 4.69) is 62.4 Å². The maximum absolute atomic E-state index is 2.34. The molecule has 0 unspecified atom stereocenters. The van der Waals surface area contributed by atoms with Crippen LogP contribution in [0.1, 0.15) is 37.8 Å². The van der Waals surface area contributed by atoms with E-state index in [-0.39, 0.29) is 0 Å². The zero-order valence-corrected chi connectivity index (χ0v) is 15.7. The first-order valence-electron chi connectivity index (χ1n) is 7.35. The molecule has 0 aliphatic heterocycles. The summed E-state index contributed by atoms with van der Waals surface area (Å²) in [6.07, 6.45) is 4.94. The summed E-state index contributed by atoms with van der Waals surface area (Å²) < 4.78 is 3.24. The van der Waals surface area contributed by atoms with Gasteiger partial charge in [0.15, 0.2) is 0 Å². The molecule has 0 atom stereocenters. The number of aryl methyl sites for hydroxylation is 2. The van der Waals surface area contributed by atoms with Gasteiger partial charge in [0.2, 0.25) is 0 Å². The molecule has 0 aliphatic rings. The van der Waals surface area contributed by atoms with Gasteiger partial charge < -0.3 is 0 Å². The molecule has 0 fully saturated rings. The fourth-order valence-corrected chi connectivity index (χ4v) is 9.82. The molecule has 0 spiro atoms. The second-order valence-electron chi connectivity index (χ2n) is 4.88. The molecule has 2 heteroatoms. The summed E-state index contributed by atoms with van der Waals surface area (Å²) >= 11 is 1.23. The Hall–Kier alpha value is -0.521.